The van der Waals surface area contributed by atoms with Gasteiger partial charge in [-0.05, 0) is 48.5 Å². The maximum Gasteiger partial charge on any atom is 0.243 e. The molecule has 1 amide bonds. The lowest BCUT2D eigenvalue weighted by molar-refractivity contribution is -0.114. The molecule has 0 saturated heterocycles. The molecule has 0 atom stereocenters. The predicted molar refractivity (Wildman–Crippen MR) is 112 cm³/mol. The summed E-state index contributed by atoms with van der Waals surface area (Å²) >= 11 is 5.85. The number of anilines is 2. The van der Waals surface area contributed by atoms with E-state index in [1.165, 1.54) is 0 Å². The van der Waals surface area contributed by atoms with Crippen LogP contribution in [0.3, 0.4) is 0 Å². The third-order valence-corrected chi connectivity index (χ3v) is 4.06. The highest BCUT2D eigenvalue weighted by Gasteiger charge is 2.06. The first-order valence-electron chi connectivity index (χ1n) is 8.90. The zero-order chi connectivity index (χ0) is 19.6. The number of para-hydroxylation sites is 3. The number of hydrogen-bond acceptors (Lipinski definition) is 4. The van der Waals surface area contributed by atoms with Crippen LogP contribution in [0.1, 0.15) is 0 Å². The van der Waals surface area contributed by atoms with Gasteiger partial charge in [0.15, 0.2) is 0 Å². The van der Waals surface area contributed by atoms with Crippen molar-refractivity contribution in [3.8, 4) is 11.5 Å². The van der Waals surface area contributed by atoms with Crippen molar-refractivity contribution in [1.29, 1.82) is 0 Å². The van der Waals surface area contributed by atoms with Gasteiger partial charge < -0.3 is 20.1 Å². The molecule has 3 aromatic carbocycles. The van der Waals surface area contributed by atoms with Gasteiger partial charge in [0.2, 0.25) is 5.91 Å². The summed E-state index contributed by atoms with van der Waals surface area (Å²) in [6.07, 6.45) is 0. The molecule has 0 bridgehead atoms. The Kier molecular flexibility index (Phi) is 7.15. The second-order valence-corrected chi connectivity index (χ2v) is 6.35. The van der Waals surface area contributed by atoms with Crippen LogP contribution in [0.2, 0.25) is 5.02 Å². The van der Waals surface area contributed by atoms with Crippen LogP contribution in [-0.2, 0) is 4.79 Å². The highest BCUT2D eigenvalue weighted by molar-refractivity contribution is 6.30. The summed E-state index contributed by atoms with van der Waals surface area (Å²) in [6, 6.07) is 24.0. The van der Waals surface area contributed by atoms with E-state index in [1.54, 1.807) is 24.3 Å². The van der Waals surface area contributed by atoms with E-state index in [2.05, 4.69) is 10.6 Å². The molecule has 6 heteroatoms. The average molecular weight is 397 g/mol. The lowest BCUT2D eigenvalue weighted by atomic mass is 10.3. The summed E-state index contributed by atoms with van der Waals surface area (Å²) in [5.74, 6) is 1.30. The van der Waals surface area contributed by atoms with Gasteiger partial charge in [-0.15, -0.1) is 0 Å². The van der Waals surface area contributed by atoms with E-state index in [0.29, 0.717) is 29.7 Å². The van der Waals surface area contributed by atoms with Gasteiger partial charge in [-0.25, -0.2) is 0 Å². The summed E-state index contributed by atoms with van der Waals surface area (Å²) in [6.45, 7) is 0.934. The van der Waals surface area contributed by atoms with E-state index in [-0.39, 0.29) is 12.5 Å². The van der Waals surface area contributed by atoms with Crippen LogP contribution >= 0.6 is 11.6 Å². The molecule has 0 aliphatic rings. The van der Waals surface area contributed by atoms with Crippen LogP contribution in [0.25, 0.3) is 0 Å². The zero-order valence-corrected chi connectivity index (χ0v) is 16.0. The number of ether oxygens (including phenoxy) is 2. The van der Waals surface area contributed by atoms with E-state index in [0.717, 1.165) is 11.4 Å². The summed E-state index contributed by atoms with van der Waals surface area (Å²) in [4.78, 5) is 12.1. The summed E-state index contributed by atoms with van der Waals surface area (Å²) in [5, 5.41) is 6.53. The first kappa shape index (κ1) is 19.6. The number of rotatable bonds is 9. The number of hydrogen-bond donors (Lipinski definition) is 2. The van der Waals surface area contributed by atoms with Crippen LogP contribution in [0, 0.1) is 0 Å². The molecule has 0 spiro atoms. The van der Waals surface area contributed by atoms with Gasteiger partial charge >= 0.3 is 0 Å². The summed E-state index contributed by atoms with van der Waals surface area (Å²) in [7, 11) is 0. The lowest BCUT2D eigenvalue weighted by Gasteiger charge is -2.14. The molecule has 0 saturated carbocycles. The molecule has 0 aliphatic carbocycles. The van der Waals surface area contributed by atoms with Gasteiger partial charge in [-0.2, -0.15) is 0 Å². The Morgan fingerprint density at radius 1 is 0.821 bits per heavy atom. The normalized spacial score (nSPS) is 10.2. The molecule has 0 unspecified atom stereocenters. The predicted octanol–water partition coefficient (Wildman–Crippen LogP) is 4.85. The molecule has 2 N–H and O–H groups in total. The van der Waals surface area contributed by atoms with E-state index < -0.39 is 0 Å². The minimum absolute atomic E-state index is 0.115. The molecular formula is C22H21ClN2O3. The van der Waals surface area contributed by atoms with Gasteiger partial charge in [0.1, 0.15) is 24.7 Å². The van der Waals surface area contributed by atoms with Gasteiger partial charge in [0, 0.05) is 10.7 Å². The maximum absolute atomic E-state index is 12.1. The molecule has 5 nitrogen and oxygen atoms in total. The number of halogens is 1. The van der Waals surface area contributed by atoms with Gasteiger partial charge in [-0.1, -0.05) is 41.9 Å². The smallest absolute Gasteiger partial charge is 0.243 e. The minimum atomic E-state index is -0.162. The maximum atomic E-state index is 12.1. The quantitative estimate of drug-likeness (QED) is 0.508. The van der Waals surface area contributed by atoms with Crippen LogP contribution in [-0.4, -0.2) is 25.7 Å². The SMILES string of the molecule is O=C(CNc1ccccc1OCCOc1ccccc1)Nc1ccc(Cl)cc1. The zero-order valence-electron chi connectivity index (χ0n) is 15.2. The molecule has 144 valence electrons. The molecule has 28 heavy (non-hydrogen) atoms. The van der Waals surface area contributed by atoms with Crippen molar-refractivity contribution in [3.05, 3.63) is 83.9 Å². The first-order chi connectivity index (χ1) is 13.7. The van der Waals surface area contributed by atoms with Crippen LogP contribution in [0.15, 0.2) is 78.9 Å². The second kappa shape index (κ2) is 10.2. The fourth-order valence-electron chi connectivity index (χ4n) is 2.48. The van der Waals surface area contributed by atoms with Gasteiger partial charge in [-0.3, -0.25) is 4.79 Å². The lowest BCUT2D eigenvalue weighted by Crippen LogP contribution is -2.22. The van der Waals surface area contributed by atoms with Crippen molar-refractivity contribution >= 4 is 28.9 Å². The molecule has 0 aromatic heterocycles. The molecular weight excluding hydrogens is 376 g/mol. The number of amides is 1. The third kappa shape index (κ3) is 6.21. The first-order valence-corrected chi connectivity index (χ1v) is 9.27. The Bertz CT molecular complexity index is 886. The largest absolute Gasteiger partial charge is 0.490 e. The molecule has 3 aromatic rings. The van der Waals surface area contributed by atoms with Crippen LogP contribution in [0.4, 0.5) is 11.4 Å². The number of carbonyl (C=O) groups excluding carboxylic acids is 1. The Labute approximate surface area is 169 Å². The number of nitrogens with one attached hydrogen (secondary N) is 2. The Morgan fingerprint density at radius 3 is 2.29 bits per heavy atom. The van der Waals surface area contributed by atoms with Crippen molar-refractivity contribution in [1.82, 2.24) is 0 Å². The van der Waals surface area contributed by atoms with E-state index >= 15 is 0 Å². The Balaban J connectivity index is 1.46. The topological polar surface area (TPSA) is 59.6 Å². The fraction of sp³-hybridized carbons (Fsp3) is 0.136. The summed E-state index contributed by atoms with van der Waals surface area (Å²) < 4.78 is 11.4. The standard InChI is InChI=1S/C22H21ClN2O3/c23-17-10-12-18(13-11-17)25-22(26)16-24-20-8-4-5-9-21(20)28-15-14-27-19-6-2-1-3-7-19/h1-13,24H,14-16H2,(H,25,26). The fourth-order valence-corrected chi connectivity index (χ4v) is 2.61. The number of benzene rings is 3. The average Bonchev–Trinajstić information content (AvgIpc) is 2.73. The van der Waals surface area contributed by atoms with Gasteiger partial charge in [0.25, 0.3) is 0 Å². The molecule has 0 radical (unpaired) electrons. The molecule has 0 heterocycles. The molecule has 3 rings (SSSR count). The third-order valence-electron chi connectivity index (χ3n) is 3.81. The Morgan fingerprint density at radius 2 is 1.50 bits per heavy atom. The van der Waals surface area contributed by atoms with Crippen LogP contribution < -0.4 is 20.1 Å². The molecule has 0 aliphatic heterocycles. The van der Waals surface area contributed by atoms with Crippen molar-refractivity contribution in [2.75, 3.05) is 30.4 Å². The van der Waals surface area contributed by atoms with E-state index in [4.69, 9.17) is 21.1 Å². The van der Waals surface area contributed by atoms with Crippen molar-refractivity contribution in [3.63, 3.8) is 0 Å². The van der Waals surface area contributed by atoms with Crippen LogP contribution in [0.5, 0.6) is 11.5 Å². The minimum Gasteiger partial charge on any atom is -0.490 e. The van der Waals surface area contributed by atoms with E-state index in [9.17, 15) is 4.79 Å². The van der Waals surface area contributed by atoms with Crippen molar-refractivity contribution in [2.45, 2.75) is 0 Å². The highest BCUT2D eigenvalue weighted by atomic mass is 35.5. The van der Waals surface area contributed by atoms with Crippen molar-refractivity contribution < 1.29 is 14.3 Å². The Hall–Kier alpha value is -3.18. The monoisotopic (exact) mass is 396 g/mol. The van der Waals surface area contributed by atoms with E-state index in [1.807, 2.05) is 54.6 Å². The number of carbonyl (C=O) groups is 1. The van der Waals surface area contributed by atoms with Crippen molar-refractivity contribution in [2.24, 2.45) is 0 Å². The highest BCUT2D eigenvalue weighted by Crippen LogP contribution is 2.23. The van der Waals surface area contributed by atoms with Gasteiger partial charge in [0.05, 0.1) is 12.2 Å². The summed E-state index contributed by atoms with van der Waals surface area (Å²) in [5.41, 5.74) is 1.44. The molecule has 0 fully saturated rings. The second-order valence-electron chi connectivity index (χ2n) is 5.91.